The normalized spacial score (nSPS) is 19.7. The molecule has 2 fully saturated rings. The molecule has 1 saturated carbocycles. The van der Waals surface area contributed by atoms with Crippen LogP contribution in [0.1, 0.15) is 25.7 Å². The third kappa shape index (κ3) is 3.66. The summed E-state index contributed by atoms with van der Waals surface area (Å²) in [5.74, 6) is 1.34. The molecule has 1 aromatic rings. The lowest BCUT2D eigenvalue weighted by Gasteiger charge is -2.29. The molecule has 1 N–H and O–H groups in total. The quantitative estimate of drug-likeness (QED) is 0.876. The summed E-state index contributed by atoms with van der Waals surface area (Å²) >= 11 is 3.48. The Balaban J connectivity index is 1.71. The molecule has 2 aliphatic rings. The second-order valence-electron chi connectivity index (χ2n) is 6.35. The van der Waals surface area contributed by atoms with Crippen LogP contribution in [-0.2, 0) is 6.54 Å². The minimum atomic E-state index is -0.00318. The number of anilines is 1. The van der Waals surface area contributed by atoms with Crippen molar-refractivity contribution in [1.29, 1.82) is 0 Å². The summed E-state index contributed by atoms with van der Waals surface area (Å²) in [6.45, 7) is 3.94. The second-order valence-corrected chi connectivity index (χ2v) is 7.14. The van der Waals surface area contributed by atoms with Crippen molar-refractivity contribution in [3.63, 3.8) is 0 Å². The van der Waals surface area contributed by atoms with Crippen molar-refractivity contribution in [3.05, 3.63) is 21.0 Å². The summed E-state index contributed by atoms with van der Waals surface area (Å²) in [7, 11) is 2.05. The SMILES string of the molecule is CN(CC1CCNCC1)c1cnn(CC2CC2)c(=O)c1Br. The Labute approximate surface area is 133 Å². The fraction of sp³-hybridized carbons (Fsp3) is 0.733. The summed E-state index contributed by atoms with van der Waals surface area (Å²) in [6, 6.07) is 0. The van der Waals surface area contributed by atoms with Gasteiger partial charge in [0, 0.05) is 20.1 Å². The maximum atomic E-state index is 12.4. The van der Waals surface area contributed by atoms with Crippen LogP contribution in [0.25, 0.3) is 0 Å². The van der Waals surface area contributed by atoms with Crippen LogP contribution >= 0.6 is 15.9 Å². The first kappa shape index (κ1) is 15.0. The fourth-order valence-corrected chi connectivity index (χ4v) is 3.56. The molecule has 0 aromatic carbocycles. The van der Waals surface area contributed by atoms with E-state index in [1.54, 1.807) is 4.68 Å². The van der Waals surface area contributed by atoms with Crippen molar-refractivity contribution in [2.75, 3.05) is 31.6 Å². The zero-order chi connectivity index (χ0) is 14.8. The van der Waals surface area contributed by atoms with E-state index >= 15 is 0 Å². The Morgan fingerprint density at radius 2 is 2.05 bits per heavy atom. The van der Waals surface area contributed by atoms with Crippen LogP contribution in [0.3, 0.4) is 0 Å². The summed E-state index contributed by atoms with van der Waals surface area (Å²) in [4.78, 5) is 14.5. The predicted octanol–water partition coefficient (Wildman–Crippen LogP) is 1.85. The molecular formula is C15H23BrN4O. The monoisotopic (exact) mass is 354 g/mol. The summed E-state index contributed by atoms with van der Waals surface area (Å²) in [5, 5.41) is 7.74. The van der Waals surface area contributed by atoms with Crippen LogP contribution in [-0.4, -0.2) is 36.5 Å². The molecule has 1 aliphatic heterocycles. The molecule has 0 radical (unpaired) electrons. The van der Waals surface area contributed by atoms with Crippen LogP contribution in [0, 0.1) is 11.8 Å². The highest BCUT2D eigenvalue weighted by atomic mass is 79.9. The standard InChI is InChI=1S/C15H23BrN4O/c1-19(9-12-4-6-17-7-5-12)13-8-18-20(10-11-2-3-11)15(21)14(13)16/h8,11-12,17H,2-7,9-10H2,1H3. The number of piperidine rings is 1. The molecule has 0 amide bonds. The van der Waals surface area contributed by atoms with Crippen molar-refractivity contribution in [1.82, 2.24) is 15.1 Å². The topological polar surface area (TPSA) is 50.2 Å². The van der Waals surface area contributed by atoms with E-state index in [0.29, 0.717) is 16.3 Å². The minimum Gasteiger partial charge on any atom is -0.372 e. The van der Waals surface area contributed by atoms with E-state index in [1.165, 1.54) is 25.7 Å². The largest absolute Gasteiger partial charge is 0.372 e. The maximum Gasteiger partial charge on any atom is 0.283 e. The molecule has 5 nitrogen and oxygen atoms in total. The molecule has 0 bridgehead atoms. The molecule has 0 spiro atoms. The third-order valence-electron chi connectivity index (χ3n) is 4.50. The van der Waals surface area contributed by atoms with Gasteiger partial charge in [0.05, 0.1) is 11.9 Å². The smallest absolute Gasteiger partial charge is 0.283 e. The molecule has 2 heterocycles. The Hall–Kier alpha value is -0.880. The number of aromatic nitrogens is 2. The van der Waals surface area contributed by atoms with Crippen LogP contribution in [0.2, 0.25) is 0 Å². The lowest BCUT2D eigenvalue weighted by molar-refractivity contribution is 0.377. The summed E-state index contributed by atoms with van der Waals surface area (Å²) in [5.41, 5.74) is 0.905. The second kappa shape index (κ2) is 6.48. The molecular weight excluding hydrogens is 332 g/mol. The number of nitrogens with one attached hydrogen (secondary N) is 1. The zero-order valence-corrected chi connectivity index (χ0v) is 14.1. The first-order chi connectivity index (χ1) is 10.1. The third-order valence-corrected chi connectivity index (χ3v) is 5.24. The van der Waals surface area contributed by atoms with Crippen molar-refractivity contribution in [2.24, 2.45) is 11.8 Å². The molecule has 116 valence electrons. The molecule has 6 heteroatoms. The van der Waals surface area contributed by atoms with E-state index in [4.69, 9.17) is 0 Å². The van der Waals surface area contributed by atoms with Gasteiger partial charge >= 0.3 is 0 Å². The van der Waals surface area contributed by atoms with E-state index in [1.807, 2.05) is 6.20 Å². The van der Waals surface area contributed by atoms with E-state index in [0.717, 1.165) is 31.9 Å². The highest BCUT2D eigenvalue weighted by Crippen LogP contribution is 2.30. The molecule has 3 rings (SSSR count). The highest BCUT2D eigenvalue weighted by Gasteiger charge is 2.24. The van der Waals surface area contributed by atoms with Gasteiger partial charge in [0.25, 0.3) is 5.56 Å². The lowest BCUT2D eigenvalue weighted by atomic mass is 9.97. The average Bonchev–Trinajstić information content (AvgIpc) is 3.29. The maximum absolute atomic E-state index is 12.4. The number of hydrogen-bond donors (Lipinski definition) is 1. The first-order valence-electron chi connectivity index (χ1n) is 7.82. The zero-order valence-electron chi connectivity index (χ0n) is 12.5. The molecule has 1 aliphatic carbocycles. The van der Waals surface area contributed by atoms with Gasteiger partial charge in [-0.2, -0.15) is 5.10 Å². The highest BCUT2D eigenvalue weighted by molar-refractivity contribution is 9.10. The van der Waals surface area contributed by atoms with Gasteiger partial charge in [0.15, 0.2) is 0 Å². The van der Waals surface area contributed by atoms with Crippen molar-refractivity contribution in [3.8, 4) is 0 Å². The van der Waals surface area contributed by atoms with Crippen LogP contribution in [0.4, 0.5) is 5.69 Å². The van der Waals surface area contributed by atoms with Crippen LogP contribution < -0.4 is 15.8 Å². The van der Waals surface area contributed by atoms with Gasteiger partial charge in [0.2, 0.25) is 0 Å². The lowest BCUT2D eigenvalue weighted by Crippen LogP contribution is -2.35. The van der Waals surface area contributed by atoms with E-state index in [9.17, 15) is 4.79 Å². The first-order valence-corrected chi connectivity index (χ1v) is 8.62. The van der Waals surface area contributed by atoms with Gasteiger partial charge in [0.1, 0.15) is 4.47 Å². The number of nitrogens with zero attached hydrogens (tertiary/aromatic N) is 3. The Morgan fingerprint density at radius 3 is 2.71 bits per heavy atom. The molecule has 21 heavy (non-hydrogen) atoms. The predicted molar refractivity (Wildman–Crippen MR) is 87.8 cm³/mol. The van der Waals surface area contributed by atoms with Gasteiger partial charge in [-0.3, -0.25) is 4.79 Å². The van der Waals surface area contributed by atoms with Gasteiger partial charge in [-0.1, -0.05) is 0 Å². The van der Waals surface area contributed by atoms with E-state index < -0.39 is 0 Å². The van der Waals surface area contributed by atoms with E-state index in [2.05, 4.69) is 38.3 Å². The number of hydrogen-bond acceptors (Lipinski definition) is 4. The molecule has 1 aromatic heterocycles. The number of rotatable bonds is 5. The summed E-state index contributed by atoms with van der Waals surface area (Å²) < 4.78 is 2.25. The van der Waals surface area contributed by atoms with Gasteiger partial charge in [-0.15, -0.1) is 0 Å². The van der Waals surface area contributed by atoms with Gasteiger partial charge in [-0.25, -0.2) is 4.68 Å². The van der Waals surface area contributed by atoms with Crippen LogP contribution in [0.15, 0.2) is 15.5 Å². The van der Waals surface area contributed by atoms with Gasteiger partial charge in [-0.05, 0) is 66.5 Å². The summed E-state index contributed by atoms with van der Waals surface area (Å²) in [6.07, 6.45) is 6.68. The van der Waals surface area contributed by atoms with Crippen molar-refractivity contribution in [2.45, 2.75) is 32.2 Å². The van der Waals surface area contributed by atoms with Crippen molar-refractivity contribution < 1.29 is 0 Å². The Bertz CT molecular complexity index is 549. The van der Waals surface area contributed by atoms with Crippen LogP contribution in [0.5, 0.6) is 0 Å². The Kier molecular flexibility index (Phi) is 4.64. The number of halogens is 1. The molecule has 0 atom stereocenters. The Morgan fingerprint density at radius 1 is 1.33 bits per heavy atom. The van der Waals surface area contributed by atoms with E-state index in [-0.39, 0.29) is 5.56 Å². The molecule has 1 saturated heterocycles. The molecule has 0 unspecified atom stereocenters. The minimum absolute atomic E-state index is 0.00318. The average molecular weight is 355 g/mol. The fourth-order valence-electron chi connectivity index (χ4n) is 2.95. The van der Waals surface area contributed by atoms with Gasteiger partial charge < -0.3 is 10.2 Å². The van der Waals surface area contributed by atoms with Crippen molar-refractivity contribution >= 4 is 21.6 Å².